The van der Waals surface area contributed by atoms with Gasteiger partial charge in [-0.05, 0) is 43.2 Å². The predicted octanol–water partition coefficient (Wildman–Crippen LogP) is 2.62. The molecule has 1 aromatic rings. The molecule has 0 aromatic heterocycles. The number of hydrogen-bond donors (Lipinski definition) is 3. The SMILES string of the molecule is Cl.Cl.NC1CCCC(C(=O)NCc2ccccc2CN2CCC(O)CC2)C1. The summed E-state index contributed by atoms with van der Waals surface area (Å²) in [5.74, 6) is 0.213. The van der Waals surface area contributed by atoms with Crippen molar-refractivity contribution < 1.29 is 9.90 Å². The van der Waals surface area contributed by atoms with Gasteiger partial charge in [0.05, 0.1) is 6.10 Å². The molecular weight excluding hydrogens is 385 g/mol. The predicted molar refractivity (Wildman–Crippen MR) is 113 cm³/mol. The molecule has 7 heteroatoms. The minimum absolute atomic E-state index is 0. The first-order valence-corrected chi connectivity index (χ1v) is 9.62. The van der Waals surface area contributed by atoms with Crippen LogP contribution in [0, 0.1) is 5.92 Å². The Kier molecular flexibility index (Phi) is 10.6. The summed E-state index contributed by atoms with van der Waals surface area (Å²) < 4.78 is 0. The summed E-state index contributed by atoms with van der Waals surface area (Å²) in [6.45, 7) is 3.33. The maximum atomic E-state index is 12.4. The van der Waals surface area contributed by atoms with E-state index >= 15 is 0 Å². The highest BCUT2D eigenvalue weighted by atomic mass is 35.5. The van der Waals surface area contributed by atoms with Crippen molar-refractivity contribution >= 4 is 30.7 Å². The Morgan fingerprint density at radius 2 is 1.78 bits per heavy atom. The van der Waals surface area contributed by atoms with E-state index in [0.29, 0.717) is 6.54 Å². The summed E-state index contributed by atoms with van der Waals surface area (Å²) in [5, 5.41) is 12.8. The molecule has 0 bridgehead atoms. The van der Waals surface area contributed by atoms with Gasteiger partial charge in [-0.1, -0.05) is 30.7 Å². The molecule has 1 aromatic carbocycles. The van der Waals surface area contributed by atoms with Gasteiger partial charge >= 0.3 is 0 Å². The second-order valence-corrected chi connectivity index (χ2v) is 7.62. The Morgan fingerprint density at radius 1 is 1.11 bits per heavy atom. The third-order valence-electron chi connectivity index (χ3n) is 5.61. The highest BCUT2D eigenvalue weighted by Crippen LogP contribution is 2.23. The van der Waals surface area contributed by atoms with Crippen LogP contribution in [-0.4, -0.2) is 41.1 Å². The lowest BCUT2D eigenvalue weighted by atomic mass is 9.85. The fourth-order valence-corrected chi connectivity index (χ4v) is 3.99. The van der Waals surface area contributed by atoms with Gasteiger partial charge in [-0.25, -0.2) is 0 Å². The molecule has 2 fully saturated rings. The zero-order valence-electron chi connectivity index (χ0n) is 15.8. The highest BCUT2D eigenvalue weighted by molar-refractivity contribution is 5.85. The number of carbonyl (C=O) groups is 1. The summed E-state index contributed by atoms with van der Waals surface area (Å²) in [6, 6.07) is 8.50. The number of aliphatic hydroxyl groups is 1. The molecule has 2 aliphatic rings. The minimum atomic E-state index is -0.146. The van der Waals surface area contributed by atoms with Crippen molar-refractivity contribution in [1.82, 2.24) is 10.2 Å². The third kappa shape index (κ3) is 7.24. The van der Waals surface area contributed by atoms with Crippen LogP contribution in [-0.2, 0) is 17.9 Å². The molecule has 2 unspecified atom stereocenters. The summed E-state index contributed by atoms with van der Waals surface area (Å²) in [6.07, 6.45) is 5.41. The number of nitrogens with zero attached hydrogens (tertiary/aromatic N) is 1. The Morgan fingerprint density at radius 3 is 2.44 bits per heavy atom. The zero-order chi connectivity index (χ0) is 17.6. The number of benzene rings is 1. The normalized spacial score (nSPS) is 23.8. The maximum absolute atomic E-state index is 12.4. The average Bonchev–Trinajstić information content (AvgIpc) is 2.62. The summed E-state index contributed by atoms with van der Waals surface area (Å²) >= 11 is 0. The number of piperidine rings is 1. The van der Waals surface area contributed by atoms with E-state index in [2.05, 4.69) is 28.4 Å². The van der Waals surface area contributed by atoms with Gasteiger partial charge in [0.15, 0.2) is 0 Å². The van der Waals surface area contributed by atoms with Gasteiger partial charge in [-0.2, -0.15) is 0 Å². The highest BCUT2D eigenvalue weighted by Gasteiger charge is 2.25. The Bertz CT molecular complexity index is 580. The van der Waals surface area contributed by atoms with Crippen LogP contribution in [0.1, 0.15) is 49.7 Å². The lowest BCUT2D eigenvalue weighted by molar-refractivity contribution is -0.126. The molecule has 1 saturated heterocycles. The van der Waals surface area contributed by atoms with E-state index in [4.69, 9.17) is 5.73 Å². The van der Waals surface area contributed by atoms with E-state index in [1.807, 2.05) is 6.07 Å². The van der Waals surface area contributed by atoms with E-state index in [-0.39, 0.29) is 48.8 Å². The lowest BCUT2D eigenvalue weighted by Gasteiger charge is -2.30. The van der Waals surface area contributed by atoms with Crippen molar-refractivity contribution in [2.24, 2.45) is 11.7 Å². The van der Waals surface area contributed by atoms with Crippen LogP contribution in [0.15, 0.2) is 24.3 Å². The molecule has 154 valence electrons. The largest absolute Gasteiger partial charge is 0.393 e. The number of aliphatic hydroxyl groups excluding tert-OH is 1. The number of rotatable bonds is 5. The van der Waals surface area contributed by atoms with Gasteiger partial charge in [0.1, 0.15) is 0 Å². The van der Waals surface area contributed by atoms with Crippen molar-refractivity contribution in [3.8, 4) is 0 Å². The summed E-state index contributed by atoms with van der Waals surface area (Å²) in [5.41, 5.74) is 8.45. The van der Waals surface area contributed by atoms with Crippen LogP contribution in [0.2, 0.25) is 0 Å². The monoisotopic (exact) mass is 417 g/mol. The third-order valence-corrected chi connectivity index (χ3v) is 5.61. The zero-order valence-corrected chi connectivity index (χ0v) is 17.4. The number of amides is 1. The number of likely N-dealkylation sites (tertiary alicyclic amines) is 1. The molecule has 2 atom stereocenters. The van der Waals surface area contributed by atoms with E-state index in [1.165, 1.54) is 11.1 Å². The van der Waals surface area contributed by atoms with Crippen LogP contribution in [0.25, 0.3) is 0 Å². The van der Waals surface area contributed by atoms with Crippen molar-refractivity contribution in [1.29, 1.82) is 0 Å². The fourth-order valence-electron chi connectivity index (χ4n) is 3.99. The van der Waals surface area contributed by atoms with Gasteiger partial charge in [-0.15, -0.1) is 24.8 Å². The van der Waals surface area contributed by atoms with E-state index in [0.717, 1.165) is 58.2 Å². The smallest absolute Gasteiger partial charge is 0.223 e. The van der Waals surface area contributed by atoms with Crippen LogP contribution in [0.4, 0.5) is 0 Å². The van der Waals surface area contributed by atoms with Crippen molar-refractivity contribution in [3.05, 3.63) is 35.4 Å². The van der Waals surface area contributed by atoms with Crippen LogP contribution in [0.3, 0.4) is 0 Å². The number of halogens is 2. The lowest BCUT2D eigenvalue weighted by Crippen LogP contribution is -2.38. The Balaban J connectivity index is 0.00000182. The van der Waals surface area contributed by atoms with E-state index < -0.39 is 0 Å². The topological polar surface area (TPSA) is 78.6 Å². The minimum Gasteiger partial charge on any atom is -0.393 e. The molecular formula is C20H33Cl2N3O2. The molecule has 1 saturated carbocycles. The maximum Gasteiger partial charge on any atom is 0.223 e. The number of hydrogen-bond acceptors (Lipinski definition) is 4. The number of carbonyl (C=O) groups excluding carboxylic acids is 1. The molecule has 0 spiro atoms. The van der Waals surface area contributed by atoms with Gasteiger partial charge in [0.25, 0.3) is 0 Å². The molecule has 1 amide bonds. The summed E-state index contributed by atoms with van der Waals surface area (Å²) in [4.78, 5) is 14.8. The average molecular weight is 418 g/mol. The van der Waals surface area contributed by atoms with Gasteiger partial charge in [0.2, 0.25) is 5.91 Å². The molecule has 1 aliphatic carbocycles. The fraction of sp³-hybridized carbons (Fsp3) is 0.650. The van der Waals surface area contributed by atoms with Crippen LogP contribution in [0.5, 0.6) is 0 Å². The Labute approximate surface area is 174 Å². The number of nitrogens with two attached hydrogens (primary N) is 1. The van der Waals surface area contributed by atoms with Gasteiger partial charge in [-0.3, -0.25) is 9.69 Å². The molecule has 3 rings (SSSR count). The van der Waals surface area contributed by atoms with Crippen LogP contribution >= 0.6 is 24.8 Å². The van der Waals surface area contributed by atoms with Crippen molar-refractivity contribution in [2.45, 2.75) is 63.8 Å². The molecule has 1 aliphatic heterocycles. The van der Waals surface area contributed by atoms with E-state index in [1.54, 1.807) is 0 Å². The summed E-state index contributed by atoms with van der Waals surface area (Å²) in [7, 11) is 0. The van der Waals surface area contributed by atoms with Crippen molar-refractivity contribution in [2.75, 3.05) is 13.1 Å². The first-order chi connectivity index (χ1) is 12.1. The molecule has 5 nitrogen and oxygen atoms in total. The quantitative estimate of drug-likeness (QED) is 0.687. The molecule has 4 N–H and O–H groups in total. The molecule has 0 radical (unpaired) electrons. The number of nitrogens with one attached hydrogen (secondary N) is 1. The standard InChI is InChI=1S/C20H31N3O2.2ClH/c21-18-7-3-6-15(12-18)20(25)22-13-16-4-1-2-5-17(16)14-23-10-8-19(24)9-11-23;;/h1-2,4-5,15,18-19,24H,3,6-14,21H2,(H,22,25);2*1H. The van der Waals surface area contributed by atoms with Crippen LogP contribution < -0.4 is 11.1 Å². The van der Waals surface area contributed by atoms with Gasteiger partial charge < -0.3 is 16.2 Å². The van der Waals surface area contributed by atoms with Crippen molar-refractivity contribution in [3.63, 3.8) is 0 Å². The molecule has 1 heterocycles. The van der Waals surface area contributed by atoms with Gasteiger partial charge in [0, 0.05) is 38.1 Å². The van der Waals surface area contributed by atoms with E-state index in [9.17, 15) is 9.90 Å². The first kappa shape index (κ1) is 24.2. The Hall–Kier alpha value is -0.850. The molecule has 27 heavy (non-hydrogen) atoms. The second kappa shape index (κ2) is 11.9. The first-order valence-electron chi connectivity index (χ1n) is 9.62. The second-order valence-electron chi connectivity index (χ2n) is 7.62.